The second-order valence-corrected chi connectivity index (χ2v) is 5.45. The highest BCUT2D eigenvalue weighted by molar-refractivity contribution is 7.12. The predicted octanol–water partition coefficient (Wildman–Crippen LogP) is 0.893. The molecule has 1 aromatic heterocycles. The Labute approximate surface area is 131 Å². The van der Waals surface area contributed by atoms with Crippen molar-refractivity contribution in [3.05, 3.63) is 57.8 Å². The van der Waals surface area contributed by atoms with E-state index in [1.807, 2.05) is 11.4 Å². The van der Waals surface area contributed by atoms with Gasteiger partial charge in [0, 0.05) is 12.1 Å². The highest BCUT2D eigenvalue weighted by atomic mass is 32.1. The summed E-state index contributed by atoms with van der Waals surface area (Å²) in [5, 5.41) is 7.05. The Bertz CT molecular complexity index is 666. The Morgan fingerprint density at radius 2 is 1.73 bits per heavy atom. The zero-order valence-electron chi connectivity index (χ0n) is 11.7. The van der Waals surface area contributed by atoms with Crippen LogP contribution in [0.5, 0.6) is 0 Å². The molecule has 0 aliphatic heterocycles. The molecule has 0 saturated carbocycles. The molecule has 1 heterocycles. The van der Waals surface area contributed by atoms with Gasteiger partial charge in [-0.05, 0) is 29.1 Å². The molecular weight excluding hydrogens is 302 g/mol. The van der Waals surface area contributed by atoms with Crippen molar-refractivity contribution in [1.82, 2.24) is 10.6 Å². The van der Waals surface area contributed by atoms with Crippen molar-refractivity contribution in [1.29, 1.82) is 0 Å². The van der Waals surface area contributed by atoms with Crippen molar-refractivity contribution >= 4 is 29.1 Å². The molecule has 0 aliphatic carbocycles. The van der Waals surface area contributed by atoms with Gasteiger partial charge in [-0.3, -0.25) is 14.4 Å². The molecule has 1 aromatic carbocycles. The van der Waals surface area contributed by atoms with Gasteiger partial charge in [-0.15, -0.1) is 11.3 Å². The molecule has 0 radical (unpaired) electrons. The quantitative estimate of drug-likeness (QED) is 0.737. The topological polar surface area (TPSA) is 101 Å². The molecule has 0 unspecified atom stereocenters. The van der Waals surface area contributed by atoms with Crippen LogP contribution in [0.2, 0.25) is 0 Å². The third kappa shape index (κ3) is 4.42. The van der Waals surface area contributed by atoms with E-state index >= 15 is 0 Å². The summed E-state index contributed by atoms with van der Waals surface area (Å²) in [5.41, 5.74) is 6.26. The summed E-state index contributed by atoms with van der Waals surface area (Å²) in [7, 11) is 0. The average molecular weight is 317 g/mol. The maximum Gasteiger partial charge on any atom is 0.261 e. The summed E-state index contributed by atoms with van der Waals surface area (Å²) < 4.78 is 0. The summed E-state index contributed by atoms with van der Waals surface area (Å²) in [6.45, 7) is 0.178. The molecule has 2 rings (SSSR count). The third-order valence-electron chi connectivity index (χ3n) is 2.84. The molecule has 0 aliphatic rings. The zero-order chi connectivity index (χ0) is 15.9. The van der Waals surface area contributed by atoms with Crippen LogP contribution in [0.1, 0.15) is 25.6 Å². The third-order valence-corrected chi connectivity index (χ3v) is 3.71. The first-order chi connectivity index (χ1) is 10.6. The molecule has 4 N–H and O–H groups in total. The summed E-state index contributed by atoms with van der Waals surface area (Å²) in [6.07, 6.45) is 0. The first kappa shape index (κ1) is 15.7. The Kier molecular flexibility index (Phi) is 5.26. The van der Waals surface area contributed by atoms with Crippen LogP contribution < -0.4 is 16.4 Å². The molecule has 0 spiro atoms. The molecular formula is C15H15N3O3S. The largest absolute Gasteiger partial charge is 0.368 e. The molecule has 0 saturated heterocycles. The SMILES string of the molecule is NC(=O)CNC(=O)c1ccc(CNC(=O)c2cccs2)cc1. The van der Waals surface area contributed by atoms with Crippen molar-refractivity contribution in [2.24, 2.45) is 5.73 Å². The summed E-state index contributed by atoms with van der Waals surface area (Å²) in [6, 6.07) is 10.3. The molecule has 6 nitrogen and oxygen atoms in total. The number of rotatable bonds is 6. The molecule has 0 fully saturated rings. The Morgan fingerprint density at radius 1 is 1.00 bits per heavy atom. The number of carbonyl (C=O) groups excluding carboxylic acids is 3. The van der Waals surface area contributed by atoms with Crippen LogP contribution in [0.15, 0.2) is 41.8 Å². The minimum absolute atomic E-state index is 0.127. The number of amides is 3. The van der Waals surface area contributed by atoms with Gasteiger partial charge in [0.15, 0.2) is 0 Å². The van der Waals surface area contributed by atoms with Gasteiger partial charge in [0.25, 0.3) is 11.8 Å². The number of hydrogen-bond donors (Lipinski definition) is 3. The number of nitrogens with one attached hydrogen (secondary N) is 2. The monoisotopic (exact) mass is 317 g/mol. The molecule has 0 bridgehead atoms. The van der Waals surface area contributed by atoms with E-state index in [1.54, 1.807) is 30.3 Å². The van der Waals surface area contributed by atoms with Crippen LogP contribution in [0.25, 0.3) is 0 Å². The molecule has 2 aromatic rings. The Morgan fingerprint density at radius 3 is 2.32 bits per heavy atom. The normalized spacial score (nSPS) is 10.0. The first-order valence-electron chi connectivity index (χ1n) is 6.53. The lowest BCUT2D eigenvalue weighted by molar-refractivity contribution is -0.117. The maximum absolute atomic E-state index is 11.8. The van der Waals surface area contributed by atoms with Gasteiger partial charge in [-0.2, -0.15) is 0 Å². The lowest BCUT2D eigenvalue weighted by atomic mass is 10.1. The van der Waals surface area contributed by atoms with Crippen LogP contribution in [0, 0.1) is 0 Å². The van der Waals surface area contributed by atoms with Gasteiger partial charge in [0.1, 0.15) is 0 Å². The minimum Gasteiger partial charge on any atom is -0.368 e. The van der Waals surface area contributed by atoms with E-state index in [1.165, 1.54) is 11.3 Å². The molecule has 114 valence electrons. The molecule has 0 atom stereocenters. The van der Waals surface area contributed by atoms with Crippen molar-refractivity contribution in [3.8, 4) is 0 Å². The van der Waals surface area contributed by atoms with E-state index in [-0.39, 0.29) is 18.4 Å². The van der Waals surface area contributed by atoms with E-state index in [4.69, 9.17) is 5.73 Å². The van der Waals surface area contributed by atoms with Crippen molar-refractivity contribution in [3.63, 3.8) is 0 Å². The van der Waals surface area contributed by atoms with Crippen molar-refractivity contribution < 1.29 is 14.4 Å². The number of hydrogen-bond acceptors (Lipinski definition) is 4. The van der Waals surface area contributed by atoms with Crippen LogP contribution in [0.4, 0.5) is 0 Å². The van der Waals surface area contributed by atoms with Crippen LogP contribution in [-0.2, 0) is 11.3 Å². The Balaban J connectivity index is 1.87. The van der Waals surface area contributed by atoms with Gasteiger partial charge in [-0.25, -0.2) is 0 Å². The van der Waals surface area contributed by atoms with E-state index < -0.39 is 5.91 Å². The number of nitrogens with two attached hydrogens (primary N) is 1. The van der Waals surface area contributed by atoms with Gasteiger partial charge in [0.2, 0.25) is 5.91 Å². The average Bonchev–Trinajstić information content (AvgIpc) is 3.05. The van der Waals surface area contributed by atoms with E-state index in [9.17, 15) is 14.4 Å². The first-order valence-corrected chi connectivity index (χ1v) is 7.41. The lowest BCUT2D eigenvalue weighted by Crippen LogP contribution is -2.33. The summed E-state index contributed by atoms with van der Waals surface area (Å²) in [4.78, 5) is 34.7. The minimum atomic E-state index is -0.596. The highest BCUT2D eigenvalue weighted by Gasteiger charge is 2.08. The van der Waals surface area contributed by atoms with Gasteiger partial charge < -0.3 is 16.4 Å². The zero-order valence-corrected chi connectivity index (χ0v) is 12.5. The van der Waals surface area contributed by atoms with Crippen LogP contribution in [-0.4, -0.2) is 24.3 Å². The number of thiophene rings is 1. The predicted molar refractivity (Wildman–Crippen MR) is 83.5 cm³/mol. The smallest absolute Gasteiger partial charge is 0.261 e. The summed E-state index contributed by atoms with van der Waals surface area (Å²) in [5.74, 6) is -1.09. The van der Waals surface area contributed by atoms with E-state index in [0.29, 0.717) is 17.0 Å². The van der Waals surface area contributed by atoms with Gasteiger partial charge >= 0.3 is 0 Å². The van der Waals surface area contributed by atoms with Crippen molar-refractivity contribution in [2.45, 2.75) is 6.54 Å². The van der Waals surface area contributed by atoms with Crippen LogP contribution in [0.3, 0.4) is 0 Å². The second-order valence-electron chi connectivity index (χ2n) is 4.51. The van der Waals surface area contributed by atoms with E-state index in [2.05, 4.69) is 10.6 Å². The van der Waals surface area contributed by atoms with Gasteiger partial charge in [0.05, 0.1) is 11.4 Å². The number of carbonyl (C=O) groups is 3. The van der Waals surface area contributed by atoms with Gasteiger partial charge in [-0.1, -0.05) is 18.2 Å². The summed E-state index contributed by atoms with van der Waals surface area (Å²) >= 11 is 1.38. The standard InChI is InChI=1S/C15H15N3O3S/c16-13(19)9-18-14(20)11-5-3-10(4-6-11)8-17-15(21)12-2-1-7-22-12/h1-7H,8-9H2,(H2,16,19)(H,17,21)(H,18,20). The Hall–Kier alpha value is -2.67. The highest BCUT2D eigenvalue weighted by Crippen LogP contribution is 2.09. The lowest BCUT2D eigenvalue weighted by Gasteiger charge is -2.06. The molecule has 7 heteroatoms. The number of benzene rings is 1. The fraction of sp³-hybridized carbons (Fsp3) is 0.133. The fourth-order valence-electron chi connectivity index (χ4n) is 1.72. The second kappa shape index (κ2) is 7.37. The molecule has 3 amide bonds. The fourth-order valence-corrected chi connectivity index (χ4v) is 2.36. The van der Waals surface area contributed by atoms with Crippen molar-refractivity contribution in [2.75, 3.05) is 6.54 Å². The van der Waals surface area contributed by atoms with Crippen LogP contribution >= 0.6 is 11.3 Å². The van der Waals surface area contributed by atoms with E-state index in [0.717, 1.165) is 5.56 Å². The number of primary amides is 1. The maximum atomic E-state index is 11.8. The molecule has 22 heavy (non-hydrogen) atoms.